The van der Waals surface area contributed by atoms with E-state index in [0.29, 0.717) is 51.6 Å². The Hall–Kier alpha value is -5.67. The SMILES string of the molecule is CC(=O)CC[C@H](NC(=O)N[C@@H](CCCCN(Cc1ccc(I)cc1)C(=O)CCCCCC(=S)Cc1ccc(CC2CN(CC(=O)O)CCN(CC(=O)O)CCN(CC(=O)O)CCN2CC(=O)O)cc1)C(=O)O)C(=O)O. The monoisotopic (exact) mass is 1180 g/mol. The fourth-order valence-electron chi connectivity index (χ4n) is 8.64. The van der Waals surface area contributed by atoms with Gasteiger partial charge in [-0.05, 0) is 115 Å². The number of amides is 3. The number of halogens is 1. The normalized spacial score (nSPS) is 16.1. The van der Waals surface area contributed by atoms with Crippen LogP contribution in [0.15, 0.2) is 48.5 Å². The van der Waals surface area contributed by atoms with E-state index >= 15 is 0 Å². The first-order valence-corrected chi connectivity index (χ1v) is 26.5. The zero-order valence-electron chi connectivity index (χ0n) is 42.4. The van der Waals surface area contributed by atoms with Gasteiger partial charge in [-0.3, -0.25) is 43.6 Å². The van der Waals surface area contributed by atoms with Gasteiger partial charge in [-0.1, -0.05) is 55.0 Å². The molecule has 0 radical (unpaired) electrons. The molecule has 0 aliphatic carbocycles. The highest BCUT2D eigenvalue weighted by molar-refractivity contribution is 14.1. The fraction of sp³-hybridized carbons (Fsp3) is 0.569. The number of benzene rings is 2. The van der Waals surface area contributed by atoms with Crippen molar-refractivity contribution in [1.82, 2.24) is 35.1 Å². The second-order valence-corrected chi connectivity index (χ2v) is 20.7. The molecule has 0 saturated carbocycles. The summed E-state index contributed by atoms with van der Waals surface area (Å²) in [7, 11) is 0. The van der Waals surface area contributed by atoms with Crippen molar-refractivity contribution < 1.29 is 73.8 Å². The smallest absolute Gasteiger partial charge is 0.326 e. The molecule has 3 atom stereocenters. The lowest BCUT2D eigenvalue weighted by Crippen LogP contribution is -2.53. The van der Waals surface area contributed by atoms with E-state index < -0.39 is 60.0 Å². The van der Waals surface area contributed by atoms with Crippen molar-refractivity contribution >= 4 is 93.2 Å². The molecule has 0 aromatic heterocycles. The molecule has 2 aromatic rings. The summed E-state index contributed by atoms with van der Waals surface area (Å²) in [6.45, 7) is 1.96. The van der Waals surface area contributed by atoms with Crippen LogP contribution in [0.4, 0.5) is 4.79 Å². The molecule has 1 heterocycles. The Labute approximate surface area is 455 Å². The molecule has 22 nitrogen and oxygen atoms in total. The highest BCUT2D eigenvalue weighted by Gasteiger charge is 2.29. The lowest BCUT2D eigenvalue weighted by Gasteiger charge is -2.37. The fourth-order valence-corrected chi connectivity index (χ4v) is 9.31. The Morgan fingerprint density at radius 3 is 1.64 bits per heavy atom. The summed E-state index contributed by atoms with van der Waals surface area (Å²) in [6.07, 6.45) is 4.53. The number of thiocarbonyl (C=S) groups is 1. The van der Waals surface area contributed by atoms with E-state index in [1.807, 2.05) is 48.5 Å². The van der Waals surface area contributed by atoms with Crippen molar-refractivity contribution in [1.29, 1.82) is 0 Å². The molecule has 1 aliphatic rings. The maximum atomic E-state index is 13.6. The van der Waals surface area contributed by atoms with Crippen LogP contribution in [0.25, 0.3) is 0 Å². The number of ketones is 1. The van der Waals surface area contributed by atoms with Gasteiger partial charge in [-0.25, -0.2) is 14.4 Å². The number of hydrogen-bond donors (Lipinski definition) is 8. The minimum atomic E-state index is -1.37. The van der Waals surface area contributed by atoms with Gasteiger partial charge >= 0.3 is 41.8 Å². The Balaban J connectivity index is 1.58. The van der Waals surface area contributed by atoms with Crippen molar-refractivity contribution in [2.45, 2.75) is 109 Å². The molecule has 3 amide bonds. The molecule has 1 fully saturated rings. The predicted molar refractivity (Wildman–Crippen MR) is 288 cm³/mol. The summed E-state index contributed by atoms with van der Waals surface area (Å²) >= 11 is 7.96. The van der Waals surface area contributed by atoms with E-state index in [1.165, 1.54) is 6.92 Å². The number of nitrogens with zero attached hydrogens (tertiary/aromatic N) is 5. The number of carboxylic acid groups (broad SMARTS) is 6. The first-order valence-electron chi connectivity index (χ1n) is 25.0. The Kier molecular flexibility index (Phi) is 28.9. The van der Waals surface area contributed by atoms with Crippen LogP contribution < -0.4 is 10.6 Å². The van der Waals surface area contributed by atoms with Crippen LogP contribution in [0.5, 0.6) is 0 Å². The maximum Gasteiger partial charge on any atom is 0.326 e. The van der Waals surface area contributed by atoms with Gasteiger partial charge in [0, 0.05) is 87.8 Å². The van der Waals surface area contributed by atoms with Crippen LogP contribution in [0, 0.1) is 3.57 Å². The number of carbonyl (C=O) groups is 9. The molecule has 1 aliphatic heterocycles. The van der Waals surface area contributed by atoms with Crippen molar-refractivity contribution in [2.75, 3.05) is 78.5 Å². The summed E-state index contributed by atoms with van der Waals surface area (Å²) in [5.74, 6) is -7.30. The summed E-state index contributed by atoms with van der Waals surface area (Å²) < 4.78 is 1.04. The summed E-state index contributed by atoms with van der Waals surface area (Å²) in [5.41, 5.74) is 2.75. The van der Waals surface area contributed by atoms with E-state index in [4.69, 9.17) is 12.2 Å². The highest BCUT2D eigenvalue weighted by Crippen LogP contribution is 2.18. The summed E-state index contributed by atoms with van der Waals surface area (Å²) in [6, 6.07) is 11.4. The Morgan fingerprint density at radius 1 is 0.600 bits per heavy atom. The molecular formula is C51H72IN7O15S. The number of carbonyl (C=O) groups excluding carboxylic acids is 3. The second-order valence-electron chi connectivity index (χ2n) is 18.9. The molecule has 24 heteroatoms. The van der Waals surface area contributed by atoms with Gasteiger partial charge in [0.25, 0.3) is 0 Å². The molecular weight excluding hydrogens is 1110 g/mol. The largest absolute Gasteiger partial charge is 0.480 e. The minimum absolute atomic E-state index is 0.0311. The third-order valence-electron chi connectivity index (χ3n) is 12.6. The van der Waals surface area contributed by atoms with Crippen LogP contribution in [0.3, 0.4) is 0 Å². The number of carboxylic acids is 6. The number of nitrogens with one attached hydrogen (secondary N) is 2. The maximum absolute atomic E-state index is 13.6. The highest BCUT2D eigenvalue weighted by atomic mass is 127. The van der Waals surface area contributed by atoms with Crippen LogP contribution >= 0.6 is 34.8 Å². The van der Waals surface area contributed by atoms with E-state index in [1.54, 1.807) is 24.5 Å². The minimum Gasteiger partial charge on any atom is -0.480 e. The number of urea groups is 1. The Morgan fingerprint density at radius 2 is 1.09 bits per heavy atom. The summed E-state index contributed by atoms with van der Waals surface area (Å²) in [5, 5.41) is 62.5. The number of aliphatic carboxylic acids is 6. The van der Waals surface area contributed by atoms with Crippen molar-refractivity contribution in [3.63, 3.8) is 0 Å². The van der Waals surface area contributed by atoms with Gasteiger partial charge < -0.3 is 51.0 Å². The molecule has 0 spiro atoms. The van der Waals surface area contributed by atoms with Gasteiger partial charge in [0.15, 0.2) is 0 Å². The third kappa shape index (κ3) is 27.1. The molecule has 75 heavy (non-hydrogen) atoms. The van der Waals surface area contributed by atoms with Crippen LogP contribution in [-0.2, 0) is 57.7 Å². The number of Topliss-reactive ketones (excluding diaryl/α,β-unsaturated/α-hetero) is 1. The van der Waals surface area contributed by atoms with Gasteiger partial charge in [-0.15, -0.1) is 0 Å². The van der Waals surface area contributed by atoms with E-state index in [-0.39, 0.29) is 109 Å². The number of unbranched alkanes of at least 4 members (excludes halogenated alkanes) is 3. The first kappa shape index (κ1) is 63.6. The van der Waals surface area contributed by atoms with Crippen LogP contribution in [0.2, 0.25) is 0 Å². The zero-order chi connectivity index (χ0) is 55.5. The molecule has 0 bridgehead atoms. The molecule has 8 N–H and O–H groups in total. The first-order chi connectivity index (χ1) is 35.6. The second kappa shape index (κ2) is 34.1. The van der Waals surface area contributed by atoms with Gasteiger partial charge in [-0.2, -0.15) is 0 Å². The predicted octanol–water partition coefficient (Wildman–Crippen LogP) is 3.40. The van der Waals surface area contributed by atoms with Crippen molar-refractivity contribution in [3.05, 3.63) is 68.8 Å². The lowest BCUT2D eigenvalue weighted by atomic mass is 9.99. The average molecular weight is 1180 g/mol. The molecule has 1 saturated heterocycles. The van der Waals surface area contributed by atoms with Crippen LogP contribution in [0.1, 0.15) is 87.8 Å². The molecule has 2 aromatic carbocycles. The van der Waals surface area contributed by atoms with Gasteiger partial charge in [0.05, 0.1) is 26.2 Å². The van der Waals surface area contributed by atoms with Crippen molar-refractivity contribution in [2.24, 2.45) is 0 Å². The van der Waals surface area contributed by atoms with Crippen LogP contribution in [-0.4, -0.2) is 210 Å². The quantitative estimate of drug-likeness (QED) is 0.0296. The third-order valence-corrected chi connectivity index (χ3v) is 13.7. The lowest BCUT2D eigenvalue weighted by molar-refractivity contribution is -0.142. The van der Waals surface area contributed by atoms with Gasteiger partial charge in [0.1, 0.15) is 17.9 Å². The standard InChI is InChI=1S/C51H72IN7O15S/c1-35(60)10-19-43(50(72)73)54-51(74)53-42(49(70)71)8-5-6-20-59(29-38-15-17-39(52)18-16-38)44(61)9-4-2-3-7-41(75)28-37-13-11-36(12-14-37)27-40-30-57(33-47(66)67)24-23-55(31-45(62)63)21-22-56(32-46(64)65)25-26-58(40)34-48(68)69/h11-18,40,42-43H,2-10,19-34H2,1H3,(H,62,63)(H,64,65)(H,66,67)(H,68,69)(H,70,71)(H,72,73)(H2,53,54,74)/t40?,42-,43-/m0/s1. The Bertz CT molecular complexity index is 2240. The zero-order valence-corrected chi connectivity index (χ0v) is 45.4. The average Bonchev–Trinajstić information content (AvgIpc) is 3.32. The van der Waals surface area contributed by atoms with E-state index in [9.17, 15) is 73.8 Å². The molecule has 414 valence electrons. The van der Waals surface area contributed by atoms with E-state index in [2.05, 4.69) is 33.2 Å². The topological polar surface area (TPSA) is 315 Å². The van der Waals surface area contributed by atoms with Gasteiger partial charge in [0.2, 0.25) is 5.91 Å². The summed E-state index contributed by atoms with van der Waals surface area (Å²) in [4.78, 5) is 118. The number of rotatable bonds is 32. The molecule has 1 unspecified atom stereocenters. The van der Waals surface area contributed by atoms with E-state index in [0.717, 1.165) is 38.0 Å². The number of hydrogen-bond acceptors (Lipinski definition) is 14. The molecule has 3 rings (SSSR count). The van der Waals surface area contributed by atoms with Crippen molar-refractivity contribution in [3.8, 4) is 0 Å².